The lowest BCUT2D eigenvalue weighted by atomic mass is 10.0. The number of aliphatic hydroxyl groups is 1. The Bertz CT molecular complexity index is 1170. The molecule has 3 aromatic rings. The minimum atomic E-state index is -0.418. The first-order valence-electron chi connectivity index (χ1n) is 11.3. The summed E-state index contributed by atoms with van der Waals surface area (Å²) in [7, 11) is 1.67. The van der Waals surface area contributed by atoms with Gasteiger partial charge in [-0.05, 0) is 50.7 Å². The van der Waals surface area contributed by atoms with Crippen molar-refractivity contribution in [3.63, 3.8) is 0 Å². The maximum Gasteiger partial charge on any atom is 0.274 e. The molecular weight excluding hydrogens is 426 g/mol. The number of fused-ring (bicyclic) bond motifs is 1. The number of hydrogen-bond acceptors (Lipinski definition) is 6. The number of aromatic nitrogens is 2. The van der Waals surface area contributed by atoms with Crippen LogP contribution in [-0.4, -0.2) is 45.0 Å². The van der Waals surface area contributed by atoms with Crippen molar-refractivity contribution in [1.29, 1.82) is 0 Å². The van der Waals surface area contributed by atoms with E-state index in [1.54, 1.807) is 25.5 Å². The number of benzene rings is 1. The Hall–Kier alpha value is -3.17. The number of non-ortho nitro benzene ring substituents is 1. The molecule has 33 heavy (non-hydrogen) atoms. The number of pyridine rings is 1. The monoisotopic (exact) mass is 455 g/mol. The van der Waals surface area contributed by atoms with Crippen LogP contribution in [0.5, 0.6) is 5.75 Å². The van der Waals surface area contributed by atoms with Crippen molar-refractivity contribution in [1.82, 2.24) is 9.55 Å². The highest BCUT2D eigenvalue weighted by Gasteiger charge is 2.22. The minimum absolute atomic E-state index is 0.00342. The van der Waals surface area contributed by atoms with Crippen LogP contribution in [0.15, 0.2) is 41.5 Å². The molecule has 2 aliphatic rings. The summed E-state index contributed by atoms with van der Waals surface area (Å²) in [6, 6.07) is 6.46. The molecule has 0 atom stereocenters. The summed E-state index contributed by atoms with van der Waals surface area (Å²) >= 11 is 0. The lowest BCUT2D eigenvalue weighted by Crippen LogP contribution is -2.19. The maximum absolute atomic E-state index is 12.3. The standard InChI is InChI=1S/C19H19N3O4.C5H10O2/c1-21-11-16(14-8-9-20-18(14)19(21)23)15-10-12(22(24)25)6-7-17(15)26-13-4-2-3-5-13;6-5-1-3-7-4-2-5/h6-11,13,20H,2-5H2,1H3;5-6H,1-4H2. The summed E-state index contributed by atoms with van der Waals surface area (Å²) in [5, 5.41) is 20.8. The van der Waals surface area contributed by atoms with Gasteiger partial charge in [-0.3, -0.25) is 14.9 Å². The van der Waals surface area contributed by atoms with Crippen LogP contribution >= 0.6 is 0 Å². The zero-order valence-electron chi connectivity index (χ0n) is 18.7. The first-order chi connectivity index (χ1) is 15.9. The molecule has 2 fully saturated rings. The van der Waals surface area contributed by atoms with E-state index in [4.69, 9.17) is 14.6 Å². The second-order valence-electron chi connectivity index (χ2n) is 8.53. The summed E-state index contributed by atoms with van der Waals surface area (Å²) < 4.78 is 12.6. The fraction of sp³-hybridized carbons (Fsp3) is 0.458. The molecule has 0 bridgehead atoms. The average molecular weight is 456 g/mol. The molecule has 1 aliphatic heterocycles. The highest BCUT2D eigenvalue weighted by molar-refractivity contribution is 5.96. The van der Waals surface area contributed by atoms with Crippen LogP contribution in [0.3, 0.4) is 0 Å². The number of hydrogen-bond donors (Lipinski definition) is 2. The molecule has 0 amide bonds. The van der Waals surface area contributed by atoms with E-state index in [0.717, 1.165) is 62.7 Å². The van der Waals surface area contributed by atoms with Crippen LogP contribution in [0.2, 0.25) is 0 Å². The predicted octanol–water partition coefficient (Wildman–Crippen LogP) is 3.92. The van der Waals surface area contributed by atoms with Crippen LogP contribution in [0.25, 0.3) is 22.0 Å². The third-order valence-corrected chi connectivity index (χ3v) is 6.14. The van der Waals surface area contributed by atoms with Gasteiger partial charge in [-0.1, -0.05) is 0 Å². The second kappa shape index (κ2) is 10.2. The van der Waals surface area contributed by atoms with Crippen molar-refractivity contribution >= 4 is 16.6 Å². The fourth-order valence-corrected chi connectivity index (χ4v) is 4.30. The van der Waals surface area contributed by atoms with Crippen molar-refractivity contribution in [3.8, 4) is 16.9 Å². The zero-order valence-corrected chi connectivity index (χ0v) is 18.7. The fourth-order valence-electron chi connectivity index (χ4n) is 4.30. The van der Waals surface area contributed by atoms with Crippen molar-refractivity contribution in [2.45, 2.75) is 50.7 Å². The Balaban J connectivity index is 0.000000318. The lowest BCUT2D eigenvalue weighted by Gasteiger charge is -2.17. The quantitative estimate of drug-likeness (QED) is 0.455. The Morgan fingerprint density at radius 1 is 1.15 bits per heavy atom. The normalized spacial score (nSPS) is 17.0. The highest BCUT2D eigenvalue weighted by Crippen LogP contribution is 2.38. The number of ether oxygens (including phenoxy) is 2. The molecule has 9 nitrogen and oxygen atoms in total. The Morgan fingerprint density at radius 3 is 2.52 bits per heavy atom. The SMILES string of the molecule is Cn1cc(-c2cc([N+](=O)[O-])ccc2OC2CCCC2)c2cc[nH]c2c1=O.OC1CCOCC1. The molecule has 0 unspecified atom stereocenters. The zero-order chi connectivity index (χ0) is 23.4. The second-order valence-corrected chi connectivity index (χ2v) is 8.53. The van der Waals surface area contributed by atoms with Crippen molar-refractivity contribution in [3.05, 3.63) is 57.1 Å². The van der Waals surface area contributed by atoms with Gasteiger partial charge in [-0.15, -0.1) is 0 Å². The van der Waals surface area contributed by atoms with Crippen molar-refractivity contribution in [2.75, 3.05) is 13.2 Å². The molecule has 1 aliphatic carbocycles. The number of H-pyrrole nitrogens is 1. The van der Waals surface area contributed by atoms with Crippen LogP contribution in [0.4, 0.5) is 5.69 Å². The summed E-state index contributed by atoms with van der Waals surface area (Å²) in [4.78, 5) is 26.1. The van der Waals surface area contributed by atoms with Crippen molar-refractivity contribution < 1.29 is 19.5 Å². The van der Waals surface area contributed by atoms with Gasteiger partial charge in [0.15, 0.2) is 0 Å². The Labute approximate surface area is 191 Å². The van der Waals surface area contributed by atoms with Gasteiger partial charge in [-0.2, -0.15) is 0 Å². The number of aromatic amines is 1. The summed E-state index contributed by atoms with van der Waals surface area (Å²) in [5.74, 6) is 0.614. The van der Waals surface area contributed by atoms with Crippen LogP contribution in [-0.2, 0) is 11.8 Å². The van der Waals surface area contributed by atoms with E-state index < -0.39 is 4.92 Å². The molecule has 1 saturated carbocycles. The smallest absolute Gasteiger partial charge is 0.274 e. The van der Waals surface area contributed by atoms with Gasteiger partial charge >= 0.3 is 0 Å². The number of aryl methyl sites for hydroxylation is 1. The number of nitro benzene ring substituents is 1. The van der Waals surface area contributed by atoms with Gasteiger partial charge in [0.05, 0.1) is 17.1 Å². The lowest BCUT2D eigenvalue weighted by molar-refractivity contribution is -0.384. The minimum Gasteiger partial charge on any atom is -0.490 e. The third-order valence-electron chi connectivity index (χ3n) is 6.14. The van der Waals surface area contributed by atoms with Gasteiger partial charge in [0.25, 0.3) is 11.2 Å². The van der Waals surface area contributed by atoms with Gasteiger partial charge in [0.1, 0.15) is 11.3 Å². The first kappa shape index (κ1) is 23.0. The number of aliphatic hydroxyl groups excluding tert-OH is 1. The van der Waals surface area contributed by atoms with E-state index >= 15 is 0 Å². The molecule has 2 aromatic heterocycles. The predicted molar refractivity (Wildman–Crippen MR) is 125 cm³/mol. The van der Waals surface area contributed by atoms with E-state index in [-0.39, 0.29) is 23.5 Å². The maximum atomic E-state index is 12.3. The summed E-state index contributed by atoms with van der Waals surface area (Å²) in [6.45, 7) is 1.47. The molecular formula is C24H29N3O6. The van der Waals surface area contributed by atoms with Crippen LogP contribution < -0.4 is 10.3 Å². The van der Waals surface area contributed by atoms with Gasteiger partial charge in [0, 0.05) is 61.3 Å². The van der Waals surface area contributed by atoms with E-state index in [2.05, 4.69) is 4.98 Å². The molecule has 1 saturated heterocycles. The molecule has 0 radical (unpaired) electrons. The van der Waals surface area contributed by atoms with Gasteiger partial charge in [0.2, 0.25) is 0 Å². The topological polar surface area (TPSA) is 120 Å². The average Bonchev–Trinajstić information content (AvgIpc) is 3.50. The van der Waals surface area contributed by atoms with E-state index in [1.165, 1.54) is 16.7 Å². The molecule has 176 valence electrons. The number of nitro groups is 1. The highest BCUT2D eigenvalue weighted by atomic mass is 16.6. The first-order valence-corrected chi connectivity index (χ1v) is 11.3. The third kappa shape index (κ3) is 5.26. The van der Waals surface area contributed by atoms with E-state index in [0.29, 0.717) is 16.8 Å². The Kier molecular flexibility index (Phi) is 7.10. The number of nitrogens with one attached hydrogen (secondary N) is 1. The molecule has 2 N–H and O–H groups in total. The molecule has 0 spiro atoms. The molecule has 3 heterocycles. The largest absolute Gasteiger partial charge is 0.490 e. The van der Waals surface area contributed by atoms with E-state index in [1.807, 2.05) is 6.07 Å². The van der Waals surface area contributed by atoms with E-state index in [9.17, 15) is 14.9 Å². The van der Waals surface area contributed by atoms with Gasteiger partial charge < -0.3 is 24.1 Å². The number of rotatable bonds is 4. The summed E-state index contributed by atoms with van der Waals surface area (Å²) in [6.07, 6.45) is 9.33. The Morgan fingerprint density at radius 2 is 1.88 bits per heavy atom. The van der Waals surface area contributed by atoms with Crippen molar-refractivity contribution in [2.24, 2.45) is 7.05 Å². The number of nitrogens with zero attached hydrogens (tertiary/aromatic N) is 2. The van der Waals surface area contributed by atoms with Crippen LogP contribution in [0.1, 0.15) is 38.5 Å². The molecule has 1 aromatic carbocycles. The summed E-state index contributed by atoms with van der Waals surface area (Å²) in [5.41, 5.74) is 1.70. The van der Waals surface area contributed by atoms with Crippen LogP contribution in [0, 0.1) is 10.1 Å². The van der Waals surface area contributed by atoms with Gasteiger partial charge in [-0.25, -0.2) is 0 Å². The molecule has 9 heteroatoms. The molecule has 5 rings (SSSR count).